The molecule has 0 radical (unpaired) electrons. The van der Waals surface area contributed by atoms with Crippen molar-refractivity contribution in [3.05, 3.63) is 57.6 Å². The number of carbonyl (C=O) groups is 1. The fraction of sp³-hybridized carbons (Fsp3) is 0.222. The monoisotopic (exact) mass is 394 g/mol. The Balaban J connectivity index is 0.00000225. The summed E-state index contributed by atoms with van der Waals surface area (Å²) in [5.74, 6) is -0.790. The number of aryl methyl sites for hydroxylation is 1. The summed E-state index contributed by atoms with van der Waals surface area (Å²) in [5, 5.41) is 13.9. The smallest absolute Gasteiger partial charge is 0.305 e. The second-order valence-corrected chi connectivity index (χ2v) is 7.39. The van der Waals surface area contributed by atoms with E-state index in [1.54, 1.807) is 22.7 Å². The molecule has 3 aromatic rings. The van der Waals surface area contributed by atoms with E-state index >= 15 is 0 Å². The van der Waals surface area contributed by atoms with Gasteiger partial charge in [-0.25, -0.2) is 4.98 Å². The van der Waals surface area contributed by atoms with E-state index in [4.69, 9.17) is 10.1 Å². The van der Waals surface area contributed by atoms with Crippen molar-refractivity contribution in [3.8, 4) is 11.3 Å². The van der Waals surface area contributed by atoms with Gasteiger partial charge in [0.2, 0.25) is 0 Å². The summed E-state index contributed by atoms with van der Waals surface area (Å²) in [6, 6.07) is 12.3. The third-order valence-corrected chi connectivity index (χ3v) is 5.39. The standard InChI is InChI=1S/C18H18N2O2S2.ClH/c1-13-4-6-14(7-5-13)16-12-24-18(19-16)20(9-8-17(21)22)11-15-3-2-10-23-15;/h2-7,10,12H,8-9,11H2,1H3,(H,21,22);1H. The molecule has 0 amide bonds. The van der Waals surface area contributed by atoms with Crippen LogP contribution in [-0.4, -0.2) is 22.6 Å². The molecule has 132 valence electrons. The maximum absolute atomic E-state index is 11.0. The van der Waals surface area contributed by atoms with Gasteiger partial charge in [0.25, 0.3) is 0 Å². The normalized spacial score (nSPS) is 10.3. The number of nitrogens with zero attached hydrogens (tertiary/aromatic N) is 2. The van der Waals surface area contributed by atoms with E-state index in [1.165, 1.54) is 10.4 Å². The largest absolute Gasteiger partial charge is 0.481 e. The highest BCUT2D eigenvalue weighted by molar-refractivity contribution is 7.14. The van der Waals surface area contributed by atoms with Gasteiger partial charge < -0.3 is 10.0 Å². The van der Waals surface area contributed by atoms with Crippen LogP contribution in [0.4, 0.5) is 5.13 Å². The Bertz CT molecular complexity index is 801. The van der Waals surface area contributed by atoms with E-state index in [1.807, 2.05) is 21.7 Å². The second kappa shape index (κ2) is 8.99. The van der Waals surface area contributed by atoms with Crippen molar-refractivity contribution in [2.45, 2.75) is 19.9 Å². The number of thiophene rings is 1. The van der Waals surface area contributed by atoms with Crippen molar-refractivity contribution < 1.29 is 9.90 Å². The van der Waals surface area contributed by atoms with Crippen LogP contribution >= 0.6 is 35.1 Å². The topological polar surface area (TPSA) is 53.4 Å². The first-order chi connectivity index (χ1) is 11.6. The summed E-state index contributed by atoms with van der Waals surface area (Å²) in [6.45, 7) is 3.20. The van der Waals surface area contributed by atoms with Crippen molar-refractivity contribution in [2.24, 2.45) is 0 Å². The first kappa shape index (κ1) is 19.4. The van der Waals surface area contributed by atoms with Crippen LogP contribution in [0.2, 0.25) is 0 Å². The van der Waals surface area contributed by atoms with Crippen molar-refractivity contribution in [2.75, 3.05) is 11.4 Å². The molecule has 0 saturated heterocycles. The molecule has 2 aromatic heterocycles. The number of thiazole rings is 1. The van der Waals surface area contributed by atoms with Crippen LogP contribution in [0.3, 0.4) is 0 Å². The number of benzene rings is 1. The molecular formula is C18H19ClN2O2S2. The Morgan fingerprint density at radius 3 is 2.60 bits per heavy atom. The van der Waals surface area contributed by atoms with Gasteiger partial charge in [0.1, 0.15) is 0 Å². The van der Waals surface area contributed by atoms with Gasteiger partial charge in [0.05, 0.1) is 18.7 Å². The molecule has 0 fully saturated rings. The molecule has 1 N–H and O–H groups in total. The minimum absolute atomic E-state index is 0. The molecule has 4 nitrogen and oxygen atoms in total. The lowest BCUT2D eigenvalue weighted by Crippen LogP contribution is -2.25. The van der Waals surface area contributed by atoms with Crippen LogP contribution in [0, 0.1) is 6.92 Å². The predicted molar refractivity (Wildman–Crippen MR) is 107 cm³/mol. The summed E-state index contributed by atoms with van der Waals surface area (Å²) in [4.78, 5) is 18.9. The fourth-order valence-corrected chi connectivity index (χ4v) is 3.91. The maximum Gasteiger partial charge on any atom is 0.305 e. The van der Waals surface area contributed by atoms with Crippen LogP contribution in [0.25, 0.3) is 11.3 Å². The minimum atomic E-state index is -0.790. The van der Waals surface area contributed by atoms with Crippen LogP contribution < -0.4 is 4.90 Å². The third kappa shape index (κ3) is 5.29. The molecule has 0 bridgehead atoms. The molecule has 2 heterocycles. The molecule has 0 atom stereocenters. The quantitative estimate of drug-likeness (QED) is 0.606. The zero-order valence-electron chi connectivity index (χ0n) is 13.7. The van der Waals surface area contributed by atoms with Crippen molar-refractivity contribution in [1.82, 2.24) is 4.98 Å². The highest BCUT2D eigenvalue weighted by Crippen LogP contribution is 2.29. The summed E-state index contributed by atoms with van der Waals surface area (Å²) in [6.07, 6.45) is 0.102. The van der Waals surface area contributed by atoms with Crippen LogP contribution in [0.5, 0.6) is 0 Å². The average molecular weight is 395 g/mol. The van der Waals surface area contributed by atoms with Crippen LogP contribution in [0.15, 0.2) is 47.2 Å². The first-order valence-corrected chi connectivity index (χ1v) is 9.39. The number of aromatic nitrogens is 1. The highest BCUT2D eigenvalue weighted by Gasteiger charge is 2.14. The second-order valence-electron chi connectivity index (χ2n) is 5.53. The lowest BCUT2D eigenvalue weighted by atomic mass is 10.1. The molecule has 3 rings (SSSR count). The maximum atomic E-state index is 11.0. The number of hydrogen-bond acceptors (Lipinski definition) is 5. The van der Waals surface area contributed by atoms with Gasteiger partial charge in [0, 0.05) is 22.4 Å². The van der Waals surface area contributed by atoms with Crippen molar-refractivity contribution >= 4 is 46.2 Å². The molecular weight excluding hydrogens is 376 g/mol. The van der Waals surface area contributed by atoms with E-state index in [0.29, 0.717) is 13.1 Å². The molecule has 0 unspecified atom stereocenters. The Morgan fingerprint density at radius 2 is 1.96 bits per heavy atom. The average Bonchev–Trinajstić information content (AvgIpc) is 3.23. The van der Waals surface area contributed by atoms with Gasteiger partial charge in [-0.2, -0.15) is 0 Å². The summed E-state index contributed by atoms with van der Waals surface area (Å²) in [5.41, 5.74) is 3.23. The zero-order chi connectivity index (χ0) is 16.9. The summed E-state index contributed by atoms with van der Waals surface area (Å²) in [7, 11) is 0. The van der Waals surface area contributed by atoms with E-state index in [9.17, 15) is 4.79 Å². The number of aliphatic carboxylic acids is 1. The molecule has 0 aliphatic heterocycles. The van der Waals surface area contributed by atoms with Crippen molar-refractivity contribution in [1.29, 1.82) is 0 Å². The van der Waals surface area contributed by atoms with E-state index in [-0.39, 0.29) is 18.8 Å². The third-order valence-electron chi connectivity index (χ3n) is 3.63. The number of rotatable bonds is 7. The summed E-state index contributed by atoms with van der Waals surface area (Å²) >= 11 is 3.23. The number of halogens is 1. The van der Waals surface area contributed by atoms with Gasteiger partial charge in [0.15, 0.2) is 5.13 Å². The number of anilines is 1. The molecule has 0 aliphatic rings. The lowest BCUT2D eigenvalue weighted by Gasteiger charge is -2.20. The van der Waals surface area contributed by atoms with Gasteiger partial charge in [-0.1, -0.05) is 35.9 Å². The zero-order valence-corrected chi connectivity index (χ0v) is 16.2. The predicted octanol–water partition coefficient (Wildman–Crippen LogP) is 5.08. The SMILES string of the molecule is Cc1ccc(-c2csc(N(CCC(=O)O)Cc3cccs3)n2)cc1.Cl. The minimum Gasteiger partial charge on any atom is -0.481 e. The van der Waals surface area contributed by atoms with E-state index < -0.39 is 5.97 Å². The molecule has 0 saturated carbocycles. The Labute approximate surface area is 161 Å². The van der Waals surface area contributed by atoms with Gasteiger partial charge in [-0.05, 0) is 18.4 Å². The van der Waals surface area contributed by atoms with Gasteiger partial charge >= 0.3 is 5.97 Å². The van der Waals surface area contributed by atoms with Crippen LogP contribution in [0.1, 0.15) is 16.9 Å². The molecule has 25 heavy (non-hydrogen) atoms. The number of carboxylic acids is 1. The number of carboxylic acid groups (broad SMARTS) is 1. The Morgan fingerprint density at radius 1 is 1.20 bits per heavy atom. The summed E-state index contributed by atoms with van der Waals surface area (Å²) < 4.78 is 0. The van der Waals surface area contributed by atoms with Crippen LogP contribution in [-0.2, 0) is 11.3 Å². The van der Waals surface area contributed by atoms with E-state index in [0.717, 1.165) is 16.4 Å². The molecule has 7 heteroatoms. The first-order valence-electron chi connectivity index (χ1n) is 7.63. The number of hydrogen-bond donors (Lipinski definition) is 1. The molecule has 0 spiro atoms. The van der Waals surface area contributed by atoms with Gasteiger partial charge in [-0.3, -0.25) is 4.79 Å². The fourth-order valence-electron chi connectivity index (χ4n) is 2.33. The van der Waals surface area contributed by atoms with E-state index in [2.05, 4.69) is 37.3 Å². The lowest BCUT2D eigenvalue weighted by molar-refractivity contribution is -0.136. The highest BCUT2D eigenvalue weighted by atomic mass is 35.5. The Kier molecular flexibility index (Phi) is 6.99. The van der Waals surface area contributed by atoms with Gasteiger partial charge in [-0.15, -0.1) is 35.1 Å². The Hall–Kier alpha value is -1.89. The molecule has 1 aromatic carbocycles. The van der Waals surface area contributed by atoms with Crippen molar-refractivity contribution in [3.63, 3.8) is 0 Å². The molecule has 0 aliphatic carbocycles.